The Kier molecular flexibility index (Phi) is 7.98. The fourth-order valence-corrected chi connectivity index (χ4v) is 4.33. The predicted octanol–water partition coefficient (Wildman–Crippen LogP) is 6.39. The molecular weight excluding hydrogens is 526 g/mol. The van der Waals surface area contributed by atoms with Gasteiger partial charge in [0.2, 0.25) is 5.76 Å². The van der Waals surface area contributed by atoms with Gasteiger partial charge in [0.15, 0.2) is 6.10 Å². The van der Waals surface area contributed by atoms with E-state index in [0.717, 1.165) is 0 Å². The first-order valence-corrected chi connectivity index (χ1v) is 11.2. The molecule has 32 heavy (non-hydrogen) atoms. The number of hydrogen-bond acceptors (Lipinski definition) is 5. The van der Waals surface area contributed by atoms with Crippen LogP contribution in [0.1, 0.15) is 31.1 Å². The summed E-state index contributed by atoms with van der Waals surface area (Å²) < 4.78 is 30.3. The lowest BCUT2D eigenvalue weighted by atomic mass is 9.91. The fraction of sp³-hybridized carbons (Fsp3) is 0.217. The molecule has 5 nitrogen and oxygen atoms in total. The number of esters is 2. The molecule has 1 aliphatic rings. The van der Waals surface area contributed by atoms with Crippen LogP contribution >= 0.6 is 39.1 Å². The third-order valence-electron chi connectivity index (χ3n) is 4.52. The molecular formula is C23H18BrCl2FO5. The zero-order chi connectivity index (χ0) is 23.4. The maximum Gasteiger partial charge on any atom is 0.374 e. The van der Waals surface area contributed by atoms with Crippen molar-refractivity contribution >= 4 is 56.6 Å². The molecule has 1 atom stereocenters. The first kappa shape index (κ1) is 24.3. The summed E-state index contributed by atoms with van der Waals surface area (Å²) >= 11 is 16.1. The normalized spacial score (nSPS) is 16.0. The molecule has 0 saturated heterocycles. The van der Waals surface area contributed by atoms with Crippen molar-refractivity contribution in [3.05, 3.63) is 85.3 Å². The SMILES string of the molecule is CCOC(=O)C1=C(C(=O)OCC)C(c2ccc(F)cc2)=C(Br)C(c2cccc(Cl)c2Cl)O1. The molecule has 0 fully saturated rings. The smallest absolute Gasteiger partial charge is 0.374 e. The highest BCUT2D eigenvalue weighted by molar-refractivity contribution is 9.11. The van der Waals surface area contributed by atoms with E-state index < -0.39 is 23.9 Å². The molecule has 3 rings (SSSR count). The molecule has 1 heterocycles. The highest BCUT2D eigenvalue weighted by atomic mass is 79.9. The number of rotatable bonds is 6. The molecule has 0 aliphatic carbocycles. The first-order chi connectivity index (χ1) is 15.3. The van der Waals surface area contributed by atoms with Crippen molar-refractivity contribution in [2.75, 3.05) is 13.2 Å². The van der Waals surface area contributed by atoms with E-state index in [1.54, 1.807) is 32.0 Å². The van der Waals surface area contributed by atoms with Crippen molar-refractivity contribution in [3.8, 4) is 0 Å². The lowest BCUT2D eigenvalue weighted by Crippen LogP contribution is -2.25. The van der Waals surface area contributed by atoms with E-state index in [1.165, 1.54) is 24.3 Å². The molecule has 2 aromatic carbocycles. The standard InChI is InChI=1S/C23H18BrCl2FO5/c1-3-30-22(28)17-16(12-8-10-13(27)11-9-12)18(24)20(32-21(17)23(29)31-4-2)14-6-5-7-15(25)19(14)26/h5-11,20H,3-4H2,1-2H3. The molecule has 0 aromatic heterocycles. The van der Waals surface area contributed by atoms with E-state index in [4.69, 9.17) is 37.4 Å². The van der Waals surface area contributed by atoms with Crippen molar-refractivity contribution in [2.24, 2.45) is 0 Å². The minimum Gasteiger partial charge on any atom is -0.472 e. The van der Waals surface area contributed by atoms with Crippen LogP contribution in [0.2, 0.25) is 10.0 Å². The van der Waals surface area contributed by atoms with Crippen LogP contribution in [0.15, 0.2) is 58.3 Å². The number of ether oxygens (including phenoxy) is 3. The van der Waals surface area contributed by atoms with E-state index >= 15 is 0 Å². The zero-order valence-electron chi connectivity index (χ0n) is 17.1. The lowest BCUT2D eigenvalue weighted by Gasteiger charge is -2.30. The van der Waals surface area contributed by atoms with Gasteiger partial charge in [-0.1, -0.05) is 63.4 Å². The van der Waals surface area contributed by atoms with Crippen LogP contribution in [0.5, 0.6) is 0 Å². The van der Waals surface area contributed by atoms with Gasteiger partial charge >= 0.3 is 11.9 Å². The van der Waals surface area contributed by atoms with Gasteiger partial charge in [0.25, 0.3) is 0 Å². The van der Waals surface area contributed by atoms with Crippen molar-refractivity contribution < 1.29 is 28.2 Å². The van der Waals surface area contributed by atoms with Crippen LogP contribution in [0.4, 0.5) is 4.39 Å². The Labute approximate surface area is 202 Å². The quantitative estimate of drug-likeness (QED) is 0.395. The molecule has 168 valence electrons. The van der Waals surface area contributed by atoms with Crippen LogP contribution in [-0.4, -0.2) is 25.2 Å². The molecule has 0 radical (unpaired) electrons. The van der Waals surface area contributed by atoms with E-state index in [-0.39, 0.29) is 34.6 Å². The van der Waals surface area contributed by atoms with E-state index in [0.29, 0.717) is 21.2 Å². The maximum atomic E-state index is 13.6. The Bertz CT molecular complexity index is 1110. The van der Waals surface area contributed by atoms with Gasteiger partial charge in [-0.05, 0) is 37.6 Å². The van der Waals surface area contributed by atoms with E-state index in [2.05, 4.69) is 15.9 Å². The molecule has 1 aliphatic heterocycles. The van der Waals surface area contributed by atoms with Gasteiger partial charge in [-0.25, -0.2) is 14.0 Å². The molecule has 0 saturated carbocycles. The minimum absolute atomic E-state index is 0.0567. The number of hydrogen-bond donors (Lipinski definition) is 0. The van der Waals surface area contributed by atoms with Gasteiger partial charge in [-0.3, -0.25) is 0 Å². The summed E-state index contributed by atoms with van der Waals surface area (Å²) in [6, 6.07) is 10.4. The Morgan fingerprint density at radius 2 is 1.66 bits per heavy atom. The van der Waals surface area contributed by atoms with Crippen LogP contribution < -0.4 is 0 Å². The second kappa shape index (κ2) is 10.5. The Balaban J connectivity index is 2.32. The Morgan fingerprint density at radius 1 is 1.03 bits per heavy atom. The largest absolute Gasteiger partial charge is 0.472 e. The van der Waals surface area contributed by atoms with Crippen molar-refractivity contribution in [1.29, 1.82) is 0 Å². The summed E-state index contributed by atoms with van der Waals surface area (Å²) in [5.41, 5.74) is 1.06. The summed E-state index contributed by atoms with van der Waals surface area (Å²) in [4.78, 5) is 25.7. The minimum atomic E-state index is -0.932. The summed E-state index contributed by atoms with van der Waals surface area (Å²) in [5.74, 6) is -2.44. The van der Waals surface area contributed by atoms with Crippen molar-refractivity contribution in [3.63, 3.8) is 0 Å². The number of carbonyl (C=O) groups is 2. The summed E-state index contributed by atoms with van der Waals surface area (Å²) in [6.07, 6.45) is -0.932. The Morgan fingerprint density at radius 3 is 2.28 bits per heavy atom. The monoisotopic (exact) mass is 542 g/mol. The number of benzene rings is 2. The van der Waals surface area contributed by atoms with Gasteiger partial charge in [0.05, 0.1) is 23.3 Å². The Hall–Kier alpha value is -2.35. The third kappa shape index (κ3) is 4.85. The topological polar surface area (TPSA) is 61.8 Å². The number of carbonyl (C=O) groups excluding carboxylic acids is 2. The maximum absolute atomic E-state index is 13.6. The average molecular weight is 544 g/mol. The molecule has 0 bridgehead atoms. The van der Waals surface area contributed by atoms with Crippen molar-refractivity contribution in [1.82, 2.24) is 0 Å². The highest BCUT2D eigenvalue weighted by Crippen LogP contribution is 2.48. The molecule has 0 spiro atoms. The summed E-state index contributed by atoms with van der Waals surface area (Å²) in [6.45, 7) is 3.39. The van der Waals surface area contributed by atoms with Gasteiger partial charge in [-0.15, -0.1) is 0 Å². The van der Waals surface area contributed by atoms with E-state index in [9.17, 15) is 14.0 Å². The van der Waals surface area contributed by atoms with Gasteiger partial charge < -0.3 is 14.2 Å². The zero-order valence-corrected chi connectivity index (χ0v) is 20.2. The fourth-order valence-electron chi connectivity index (χ4n) is 3.16. The lowest BCUT2D eigenvalue weighted by molar-refractivity contribution is -0.146. The first-order valence-electron chi connectivity index (χ1n) is 9.65. The van der Waals surface area contributed by atoms with Crippen molar-refractivity contribution in [2.45, 2.75) is 20.0 Å². The van der Waals surface area contributed by atoms with Gasteiger partial charge in [0, 0.05) is 15.6 Å². The predicted molar refractivity (Wildman–Crippen MR) is 123 cm³/mol. The molecule has 0 N–H and O–H groups in total. The highest BCUT2D eigenvalue weighted by Gasteiger charge is 2.39. The van der Waals surface area contributed by atoms with Crippen LogP contribution in [-0.2, 0) is 23.8 Å². The van der Waals surface area contributed by atoms with Gasteiger partial charge in [-0.2, -0.15) is 0 Å². The van der Waals surface area contributed by atoms with Gasteiger partial charge in [0.1, 0.15) is 11.4 Å². The summed E-state index contributed by atoms with van der Waals surface area (Å²) in [7, 11) is 0. The van der Waals surface area contributed by atoms with E-state index in [1.807, 2.05) is 0 Å². The second-order valence-electron chi connectivity index (χ2n) is 6.52. The van der Waals surface area contributed by atoms with Crippen LogP contribution in [0, 0.1) is 5.82 Å². The number of halogens is 4. The van der Waals surface area contributed by atoms with Crippen LogP contribution in [0.25, 0.3) is 5.57 Å². The van der Waals surface area contributed by atoms with Crippen LogP contribution in [0.3, 0.4) is 0 Å². The third-order valence-corrected chi connectivity index (χ3v) is 6.16. The summed E-state index contributed by atoms with van der Waals surface area (Å²) in [5, 5.41) is 0.506. The molecule has 0 amide bonds. The molecule has 2 aromatic rings. The second-order valence-corrected chi connectivity index (χ2v) is 8.16. The molecule has 9 heteroatoms. The average Bonchev–Trinajstić information content (AvgIpc) is 2.76. The molecule has 1 unspecified atom stereocenters.